The molecule has 0 rings (SSSR count). The summed E-state index contributed by atoms with van der Waals surface area (Å²) in [4.78, 5) is 24.1. The van der Waals surface area contributed by atoms with Crippen molar-refractivity contribution in [1.82, 2.24) is 4.90 Å². The maximum Gasteiger partial charge on any atom is 0.505 e. The molecule has 0 aliphatic carbocycles. The fourth-order valence-electron chi connectivity index (χ4n) is 2.18. The van der Waals surface area contributed by atoms with Crippen molar-refractivity contribution in [2.75, 3.05) is 19.7 Å². The number of unbranched alkanes of at least 4 members (excludes halogenated alkanes) is 6. The Balaban J connectivity index is 3.69. The number of carboxylic acid groups (broad SMARTS) is 1. The molecule has 6 heteroatoms. The van der Waals surface area contributed by atoms with Crippen molar-refractivity contribution < 1.29 is 19.4 Å². The zero-order valence-corrected chi connectivity index (χ0v) is 16.1. The third-order valence-corrected chi connectivity index (χ3v) is 4.37. The Kier molecular flexibility index (Phi) is 13.9. The van der Waals surface area contributed by atoms with Crippen LogP contribution >= 0.6 is 22.6 Å². The van der Waals surface area contributed by atoms with Gasteiger partial charge in [0.25, 0.3) is 0 Å². The molecule has 0 heterocycles. The van der Waals surface area contributed by atoms with Gasteiger partial charge >= 0.3 is 6.16 Å². The second-order valence-corrected chi connectivity index (χ2v) is 6.04. The van der Waals surface area contributed by atoms with Crippen LogP contribution in [0.1, 0.15) is 51.9 Å². The lowest BCUT2D eigenvalue weighted by molar-refractivity contribution is -0.126. The van der Waals surface area contributed by atoms with Gasteiger partial charge in [0.1, 0.15) is 0 Å². The van der Waals surface area contributed by atoms with Crippen molar-refractivity contribution in [2.45, 2.75) is 51.9 Å². The van der Waals surface area contributed by atoms with E-state index in [9.17, 15) is 9.59 Å². The molecule has 0 aromatic heterocycles. The molecule has 0 radical (unpaired) electrons. The van der Waals surface area contributed by atoms with E-state index in [4.69, 9.17) is 5.11 Å². The Labute approximate surface area is 152 Å². The average Bonchev–Trinajstić information content (AvgIpc) is 2.53. The number of ether oxygens (including phenoxy) is 1. The van der Waals surface area contributed by atoms with E-state index in [1.165, 1.54) is 0 Å². The second-order valence-electron chi connectivity index (χ2n) is 5.42. The van der Waals surface area contributed by atoms with Gasteiger partial charge in [-0.3, -0.25) is 4.79 Å². The summed E-state index contributed by atoms with van der Waals surface area (Å²) in [7, 11) is 0. The Bertz CT molecular complexity index is 396. The molecule has 132 valence electrons. The van der Waals surface area contributed by atoms with Gasteiger partial charge in [0, 0.05) is 18.7 Å². The highest BCUT2D eigenvalue weighted by Crippen LogP contribution is 2.10. The summed E-state index contributed by atoms with van der Waals surface area (Å²) in [5.41, 5.74) is 0.760. The van der Waals surface area contributed by atoms with E-state index >= 15 is 0 Å². The first-order valence-electron chi connectivity index (χ1n) is 8.05. The molecular formula is C17H28INO4. The van der Waals surface area contributed by atoms with Gasteiger partial charge in [0.05, 0.1) is 6.61 Å². The van der Waals surface area contributed by atoms with Crippen molar-refractivity contribution in [2.24, 2.45) is 0 Å². The van der Waals surface area contributed by atoms with Crippen molar-refractivity contribution >= 4 is 34.7 Å². The highest BCUT2D eigenvalue weighted by molar-refractivity contribution is 14.1. The fourth-order valence-corrected chi connectivity index (χ4v) is 2.44. The molecule has 23 heavy (non-hydrogen) atoms. The highest BCUT2D eigenvalue weighted by atomic mass is 127. The molecule has 1 N–H and O–H groups in total. The van der Waals surface area contributed by atoms with Crippen molar-refractivity contribution in [1.29, 1.82) is 0 Å². The number of amides is 1. The third kappa shape index (κ3) is 12.1. The lowest BCUT2D eigenvalue weighted by atomic mass is 10.1. The molecule has 0 bridgehead atoms. The summed E-state index contributed by atoms with van der Waals surface area (Å²) < 4.78 is 6.26. The molecule has 0 aliphatic heterocycles. The van der Waals surface area contributed by atoms with Gasteiger partial charge in [-0.15, -0.1) is 6.58 Å². The van der Waals surface area contributed by atoms with Crippen LogP contribution in [-0.4, -0.2) is 41.8 Å². The largest absolute Gasteiger partial charge is 0.505 e. The summed E-state index contributed by atoms with van der Waals surface area (Å²) in [6.45, 7) is 7.18. The minimum Gasteiger partial charge on any atom is -0.450 e. The van der Waals surface area contributed by atoms with Crippen LogP contribution in [0.5, 0.6) is 0 Å². The smallest absolute Gasteiger partial charge is 0.450 e. The SMILES string of the molecule is C=CCN(CCCCCCCCCOC(=O)O)C(=O)/C(C)=C/I. The molecular weight excluding hydrogens is 409 g/mol. The Morgan fingerprint density at radius 1 is 1.13 bits per heavy atom. The van der Waals surface area contributed by atoms with Gasteiger partial charge in [0.15, 0.2) is 0 Å². The van der Waals surface area contributed by atoms with Crippen LogP contribution < -0.4 is 0 Å². The van der Waals surface area contributed by atoms with E-state index in [1.807, 2.05) is 15.9 Å². The molecule has 0 aromatic carbocycles. The molecule has 0 fully saturated rings. The lowest BCUT2D eigenvalue weighted by Crippen LogP contribution is -2.32. The lowest BCUT2D eigenvalue weighted by Gasteiger charge is -2.21. The van der Waals surface area contributed by atoms with Gasteiger partial charge in [-0.1, -0.05) is 60.8 Å². The number of carbonyl (C=O) groups excluding carboxylic acids is 1. The van der Waals surface area contributed by atoms with Crippen molar-refractivity contribution in [3.05, 3.63) is 22.3 Å². The van der Waals surface area contributed by atoms with Crippen LogP contribution in [0.25, 0.3) is 0 Å². The van der Waals surface area contributed by atoms with E-state index < -0.39 is 6.16 Å². The number of nitrogens with zero attached hydrogens (tertiary/aromatic N) is 1. The van der Waals surface area contributed by atoms with Crippen molar-refractivity contribution in [3.8, 4) is 0 Å². The molecule has 0 saturated carbocycles. The summed E-state index contributed by atoms with van der Waals surface area (Å²) in [5, 5.41) is 8.33. The predicted molar refractivity (Wildman–Crippen MR) is 101 cm³/mol. The topological polar surface area (TPSA) is 66.8 Å². The predicted octanol–water partition coefficient (Wildman–Crippen LogP) is 4.77. The zero-order valence-electron chi connectivity index (χ0n) is 13.9. The molecule has 0 aliphatic rings. The monoisotopic (exact) mass is 437 g/mol. The quantitative estimate of drug-likeness (QED) is 0.148. The summed E-state index contributed by atoms with van der Waals surface area (Å²) >= 11 is 2.09. The first kappa shape index (κ1) is 21.9. The van der Waals surface area contributed by atoms with E-state index in [0.717, 1.165) is 57.1 Å². The standard InChI is InChI=1S/C17H28INO4/c1-3-11-19(16(20)15(2)14-18)12-9-7-5-4-6-8-10-13-23-17(21)22/h3,14H,1,4-13H2,2H3,(H,21,22)/b15-14+. The second kappa shape index (κ2) is 14.5. The summed E-state index contributed by atoms with van der Waals surface area (Å²) in [6, 6.07) is 0. The van der Waals surface area contributed by atoms with E-state index in [1.54, 1.807) is 6.08 Å². The van der Waals surface area contributed by atoms with Gasteiger partial charge in [-0.25, -0.2) is 4.79 Å². The number of halogens is 1. The molecule has 0 aromatic rings. The molecule has 0 saturated heterocycles. The molecule has 0 atom stereocenters. The van der Waals surface area contributed by atoms with Gasteiger partial charge in [-0.2, -0.15) is 0 Å². The van der Waals surface area contributed by atoms with Crippen LogP contribution in [0.3, 0.4) is 0 Å². The minimum atomic E-state index is -1.20. The van der Waals surface area contributed by atoms with Gasteiger partial charge in [-0.05, 0) is 23.8 Å². The summed E-state index contributed by atoms with van der Waals surface area (Å²) in [6.07, 6.45) is 7.80. The maximum atomic E-state index is 12.1. The van der Waals surface area contributed by atoms with Crippen LogP contribution in [-0.2, 0) is 9.53 Å². The first-order valence-corrected chi connectivity index (χ1v) is 9.30. The van der Waals surface area contributed by atoms with Crippen LogP contribution in [0, 0.1) is 0 Å². The highest BCUT2D eigenvalue weighted by Gasteiger charge is 2.12. The number of rotatable bonds is 13. The molecule has 1 amide bonds. The first-order chi connectivity index (χ1) is 11.0. The van der Waals surface area contributed by atoms with Crippen molar-refractivity contribution in [3.63, 3.8) is 0 Å². The molecule has 0 unspecified atom stereocenters. The van der Waals surface area contributed by atoms with E-state index in [-0.39, 0.29) is 12.5 Å². The fraction of sp³-hybridized carbons (Fsp3) is 0.647. The van der Waals surface area contributed by atoms with Gasteiger partial charge in [0.2, 0.25) is 5.91 Å². The normalized spacial score (nSPS) is 11.1. The minimum absolute atomic E-state index is 0.0812. The van der Waals surface area contributed by atoms with Gasteiger partial charge < -0.3 is 14.7 Å². The summed E-state index contributed by atoms with van der Waals surface area (Å²) in [5.74, 6) is 0.0812. The Hall–Kier alpha value is -1.05. The number of hydrogen-bond donors (Lipinski definition) is 1. The third-order valence-electron chi connectivity index (χ3n) is 3.44. The Morgan fingerprint density at radius 2 is 1.70 bits per heavy atom. The molecule has 0 spiro atoms. The zero-order chi connectivity index (χ0) is 17.5. The van der Waals surface area contributed by atoms with E-state index in [0.29, 0.717) is 6.54 Å². The number of hydrogen-bond acceptors (Lipinski definition) is 3. The Morgan fingerprint density at radius 3 is 2.22 bits per heavy atom. The van der Waals surface area contributed by atoms with Crippen LogP contribution in [0.2, 0.25) is 0 Å². The maximum absolute atomic E-state index is 12.1. The van der Waals surface area contributed by atoms with Crippen LogP contribution in [0.15, 0.2) is 22.3 Å². The van der Waals surface area contributed by atoms with E-state index in [2.05, 4.69) is 33.9 Å². The average molecular weight is 437 g/mol. The van der Waals surface area contributed by atoms with Crippen LogP contribution in [0.4, 0.5) is 4.79 Å². The number of carbonyl (C=O) groups is 2. The molecule has 5 nitrogen and oxygen atoms in total.